The summed E-state index contributed by atoms with van der Waals surface area (Å²) in [7, 11) is 0. The van der Waals surface area contributed by atoms with Crippen molar-refractivity contribution in [2.24, 2.45) is 5.92 Å². The lowest BCUT2D eigenvalue weighted by Gasteiger charge is -2.20. The molecule has 2 atom stereocenters. The fourth-order valence-corrected chi connectivity index (χ4v) is 2.92. The van der Waals surface area contributed by atoms with Crippen LogP contribution in [0.15, 0.2) is 24.7 Å². The van der Waals surface area contributed by atoms with Crippen molar-refractivity contribution in [1.82, 2.24) is 19.7 Å². The van der Waals surface area contributed by atoms with Gasteiger partial charge in [-0.3, -0.25) is 4.68 Å². The minimum absolute atomic E-state index is 0.0816. The third kappa shape index (κ3) is 3.61. The smallest absolute Gasteiger partial charge is 0.218 e. The quantitative estimate of drug-likeness (QED) is 0.844. The molecule has 0 amide bonds. The first kappa shape index (κ1) is 15.7. The van der Waals surface area contributed by atoms with Crippen molar-refractivity contribution in [3.05, 3.63) is 30.4 Å². The molecule has 124 valence electrons. The Morgan fingerprint density at radius 1 is 1.39 bits per heavy atom. The number of aromatic nitrogens is 4. The number of nitrogens with one attached hydrogen (secondary N) is 1. The molecule has 2 aromatic heterocycles. The second kappa shape index (κ2) is 7.41. The first-order chi connectivity index (χ1) is 11.3. The van der Waals surface area contributed by atoms with Crippen molar-refractivity contribution in [3.63, 3.8) is 0 Å². The number of nitrogens with zero attached hydrogens (tertiary/aromatic N) is 4. The summed E-state index contributed by atoms with van der Waals surface area (Å²) in [4.78, 5) is 8.32. The van der Waals surface area contributed by atoms with Gasteiger partial charge in [0, 0.05) is 37.9 Å². The first-order valence-corrected chi connectivity index (χ1v) is 8.13. The molecule has 1 aliphatic rings. The maximum atomic E-state index is 5.94. The van der Waals surface area contributed by atoms with Crippen LogP contribution in [0.4, 0.5) is 5.82 Å². The van der Waals surface area contributed by atoms with Crippen LogP contribution >= 0.6 is 0 Å². The summed E-state index contributed by atoms with van der Waals surface area (Å²) >= 11 is 0. The summed E-state index contributed by atoms with van der Waals surface area (Å²) in [5.41, 5.74) is 1.15. The third-order valence-electron chi connectivity index (χ3n) is 4.03. The van der Waals surface area contributed by atoms with Gasteiger partial charge in [-0.05, 0) is 26.3 Å². The van der Waals surface area contributed by atoms with Gasteiger partial charge in [-0.1, -0.05) is 0 Å². The topological polar surface area (TPSA) is 74.1 Å². The highest BCUT2D eigenvalue weighted by molar-refractivity contribution is 5.37. The van der Waals surface area contributed by atoms with E-state index in [1.807, 2.05) is 29.9 Å². The Morgan fingerprint density at radius 2 is 2.30 bits per heavy atom. The van der Waals surface area contributed by atoms with Gasteiger partial charge in [0.15, 0.2) is 0 Å². The second-order valence-electron chi connectivity index (χ2n) is 5.47. The van der Waals surface area contributed by atoms with Crippen molar-refractivity contribution < 1.29 is 9.47 Å². The minimum Gasteiger partial charge on any atom is -0.478 e. The Morgan fingerprint density at radius 3 is 3.13 bits per heavy atom. The van der Waals surface area contributed by atoms with Gasteiger partial charge in [-0.25, -0.2) is 9.97 Å². The molecular weight excluding hydrogens is 294 g/mol. The van der Waals surface area contributed by atoms with Crippen molar-refractivity contribution in [2.45, 2.75) is 32.9 Å². The number of hydrogen-bond acceptors (Lipinski definition) is 6. The lowest BCUT2D eigenvalue weighted by molar-refractivity contribution is 0.0858. The average Bonchev–Trinajstić information content (AvgIpc) is 3.21. The van der Waals surface area contributed by atoms with E-state index in [0.717, 1.165) is 37.6 Å². The van der Waals surface area contributed by atoms with Crippen LogP contribution in [-0.4, -0.2) is 39.5 Å². The van der Waals surface area contributed by atoms with Gasteiger partial charge in [0.2, 0.25) is 5.88 Å². The molecule has 0 radical (unpaired) electrons. The van der Waals surface area contributed by atoms with E-state index in [9.17, 15) is 0 Å². The maximum Gasteiger partial charge on any atom is 0.218 e. The van der Waals surface area contributed by atoms with Crippen LogP contribution in [-0.2, 0) is 11.3 Å². The predicted molar refractivity (Wildman–Crippen MR) is 86.4 cm³/mol. The summed E-state index contributed by atoms with van der Waals surface area (Å²) in [5.74, 6) is 1.76. The maximum absolute atomic E-state index is 5.94. The zero-order chi connectivity index (χ0) is 16.1. The Balaban J connectivity index is 1.64. The fraction of sp³-hybridized carbons (Fsp3) is 0.562. The van der Waals surface area contributed by atoms with Crippen LogP contribution in [0.1, 0.15) is 32.1 Å². The van der Waals surface area contributed by atoms with Crippen molar-refractivity contribution in [1.29, 1.82) is 0 Å². The molecule has 1 saturated heterocycles. The molecule has 23 heavy (non-hydrogen) atoms. The Bertz CT molecular complexity index is 630. The lowest BCUT2D eigenvalue weighted by Crippen LogP contribution is -2.20. The van der Waals surface area contributed by atoms with Crippen molar-refractivity contribution >= 4 is 5.82 Å². The molecule has 3 rings (SSSR count). The largest absolute Gasteiger partial charge is 0.478 e. The summed E-state index contributed by atoms with van der Waals surface area (Å²) in [5, 5.41) is 7.72. The van der Waals surface area contributed by atoms with Gasteiger partial charge in [0.05, 0.1) is 12.3 Å². The van der Waals surface area contributed by atoms with E-state index < -0.39 is 0 Å². The zero-order valence-corrected chi connectivity index (χ0v) is 13.6. The fourth-order valence-electron chi connectivity index (χ4n) is 2.92. The summed E-state index contributed by atoms with van der Waals surface area (Å²) < 4.78 is 13.3. The molecule has 0 saturated carbocycles. The number of anilines is 1. The Kier molecular flexibility index (Phi) is 5.07. The zero-order valence-electron chi connectivity index (χ0n) is 13.6. The number of ether oxygens (including phenoxy) is 2. The van der Waals surface area contributed by atoms with Gasteiger partial charge in [0.25, 0.3) is 0 Å². The van der Waals surface area contributed by atoms with E-state index in [1.54, 1.807) is 0 Å². The first-order valence-electron chi connectivity index (χ1n) is 8.13. The van der Waals surface area contributed by atoms with E-state index >= 15 is 0 Å². The molecule has 1 fully saturated rings. The van der Waals surface area contributed by atoms with Crippen LogP contribution in [0.2, 0.25) is 0 Å². The van der Waals surface area contributed by atoms with Crippen LogP contribution in [0.25, 0.3) is 0 Å². The van der Waals surface area contributed by atoms with Gasteiger partial charge >= 0.3 is 0 Å². The molecule has 0 bridgehead atoms. The highest BCUT2D eigenvalue weighted by atomic mass is 16.5. The van der Waals surface area contributed by atoms with E-state index in [-0.39, 0.29) is 6.10 Å². The number of rotatable bonds is 7. The molecule has 7 nitrogen and oxygen atoms in total. The van der Waals surface area contributed by atoms with Crippen LogP contribution in [0, 0.1) is 5.92 Å². The monoisotopic (exact) mass is 317 g/mol. The van der Waals surface area contributed by atoms with E-state index in [0.29, 0.717) is 18.4 Å². The van der Waals surface area contributed by atoms with Crippen molar-refractivity contribution in [3.8, 4) is 5.88 Å². The predicted octanol–water partition coefficient (Wildman–Crippen LogP) is 2.28. The van der Waals surface area contributed by atoms with Gasteiger partial charge < -0.3 is 14.8 Å². The third-order valence-corrected chi connectivity index (χ3v) is 4.03. The van der Waals surface area contributed by atoms with Crippen LogP contribution in [0.5, 0.6) is 5.88 Å². The molecule has 0 aromatic carbocycles. The van der Waals surface area contributed by atoms with Gasteiger partial charge in [-0.2, -0.15) is 5.10 Å². The number of hydrogen-bond donors (Lipinski definition) is 1. The number of aryl methyl sites for hydroxylation is 1. The van der Waals surface area contributed by atoms with E-state index in [4.69, 9.17) is 9.47 Å². The molecule has 7 heteroatoms. The van der Waals surface area contributed by atoms with E-state index in [2.05, 4.69) is 27.3 Å². The average molecular weight is 317 g/mol. The molecular formula is C16H23N5O2. The summed E-state index contributed by atoms with van der Waals surface area (Å²) in [6.45, 7) is 7.05. The lowest BCUT2D eigenvalue weighted by atomic mass is 9.99. The standard InChI is InChI=1S/C16H23N5O2/c1-3-21-13(5-7-20-21)16-12(6-8-23-16)10-17-14-9-15(22-4-2)19-11-18-14/h5,7,9,11-12,16H,3-4,6,8,10H2,1-2H3,(H,17,18,19)/t12-,16+/m0/s1. The highest BCUT2D eigenvalue weighted by Gasteiger charge is 2.31. The van der Waals surface area contributed by atoms with Crippen LogP contribution < -0.4 is 10.1 Å². The minimum atomic E-state index is 0.0816. The normalized spacial score (nSPS) is 20.6. The highest BCUT2D eigenvalue weighted by Crippen LogP contribution is 2.34. The molecule has 1 N–H and O–H groups in total. The van der Waals surface area contributed by atoms with Gasteiger partial charge in [0.1, 0.15) is 18.2 Å². The van der Waals surface area contributed by atoms with E-state index in [1.165, 1.54) is 6.33 Å². The Hall–Kier alpha value is -2.15. The second-order valence-corrected chi connectivity index (χ2v) is 5.47. The summed E-state index contributed by atoms with van der Waals surface area (Å²) in [6, 6.07) is 3.87. The molecule has 0 aliphatic carbocycles. The molecule has 2 aromatic rings. The SMILES string of the molecule is CCOc1cc(NC[C@@H]2CCO[C@H]2c2ccnn2CC)ncn1. The molecule has 3 heterocycles. The molecule has 0 unspecified atom stereocenters. The van der Waals surface area contributed by atoms with Crippen molar-refractivity contribution in [2.75, 3.05) is 25.1 Å². The van der Waals surface area contributed by atoms with Crippen LogP contribution in [0.3, 0.4) is 0 Å². The summed E-state index contributed by atoms with van der Waals surface area (Å²) in [6.07, 6.45) is 4.46. The molecule has 1 aliphatic heterocycles. The van der Waals surface area contributed by atoms with Gasteiger partial charge in [-0.15, -0.1) is 0 Å². The molecule has 0 spiro atoms. The Labute approximate surface area is 136 Å².